The summed E-state index contributed by atoms with van der Waals surface area (Å²) in [7, 11) is -9.34. The van der Waals surface area contributed by atoms with Crippen LogP contribution in [0.25, 0.3) is 0 Å². The molecule has 0 saturated heterocycles. The zero-order valence-corrected chi connectivity index (χ0v) is 37.4. The minimum Gasteiger partial charge on any atom is -0.744 e. The SMILES string of the molecule is CC(C)CC(CCc1ccccc1S(=O)(=O)[O-])Nc1ccc(NC(CCc2ccccc2S(=O)(=O)[O-])CC(C)C)c2c1C(=O)c1ccccc1C2=O.[Na+].[Na+]. The molecule has 0 aliphatic heterocycles. The molecule has 0 saturated carbocycles. The molecule has 0 radical (unpaired) electrons. The standard InChI is InChI=1S/C40H46N2O8S2.2Na/c1-25(2)23-29(19-17-27-11-5-9-15-35(27)51(45,46)47)41-33-21-22-34(38-37(33)39(43)31-13-7-8-14-32(31)40(38)44)42-30(24-26(3)4)20-18-28-12-6-10-16-36(28)52(48,49)50;;/h5-16,21-22,25-26,29-30,41-42H,17-20,23-24H2,1-4H3,(H,45,46,47)(H,48,49,50);;/q;2*+1/p-2. The van der Waals surface area contributed by atoms with Crippen LogP contribution in [0.5, 0.6) is 0 Å². The Balaban J connectivity index is 0.00000392. The number of nitrogens with one attached hydrogen (secondary N) is 2. The van der Waals surface area contributed by atoms with E-state index in [4.69, 9.17) is 0 Å². The van der Waals surface area contributed by atoms with Gasteiger partial charge < -0.3 is 19.7 Å². The van der Waals surface area contributed by atoms with Crippen LogP contribution in [0.15, 0.2) is 94.7 Å². The van der Waals surface area contributed by atoms with Gasteiger partial charge in [0.05, 0.1) is 20.9 Å². The molecule has 10 nitrogen and oxygen atoms in total. The van der Waals surface area contributed by atoms with Gasteiger partial charge in [0, 0.05) is 34.6 Å². The molecule has 0 fully saturated rings. The van der Waals surface area contributed by atoms with Gasteiger partial charge in [0.15, 0.2) is 11.6 Å². The monoisotopic (exact) mass is 790 g/mol. The molecule has 0 aromatic heterocycles. The Hall–Kier alpha value is -2.36. The average molecular weight is 791 g/mol. The van der Waals surface area contributed by atoms with Crippen LogP contribution in [0.1, 0.15) is 96.3 Å². The van der Waals surface area contributed by atoms with E-state index in [1.165, 1.54) is 24.3 Å². The van der Waals surface area contributed by atoms with Crippen molar-refractivity contribution in [2.45, 2.75) is 88.1 Å². The normalized spacial score (nSPS) is 13.7. The van der Waals surface area contributed by atoms with E-state index < -0.39 is 20.2 Å². The molecule has 2 unspecified atom stereocenters. The van der Waals surface area contributed by atoms with Crippen LogP contribution in [-0.2, 0) is 33.1 Å². The van der Waals surface area contributed by atoms with Crippen LogP contribution in [-0.4, -0.2) is 49.6 Å². The number of aryl methyl sites for hydroxylation is 2. The first-order chi connectivity index (χ1) is 24.5. The van der Waals surface area contributed by atoms with Crippen molar-refractivity contribution in [3.05, 3.63) is 118 Å². The van der Waals surface area contributed by atoms with E-state index in [-0.39, 0.29) is 116 Å². The molecule has 0 bridgehead atoms. The van der Waals surface area contributed by atoms with E-state index in [0.29, 0.717) is 72.2 Å². The van der Waals surface area contributed by atoms with Gasteiger partial charge in [-0.3, -0.25) is 9.59 Å². The van der Waals surface area contributed by atoms with Gasteiger partial charge in [-0.2, -0.15) is 0 Å². The average Bonchev–Trinajstić information content (AvgIpc) is 3.08. The fourth-order valence-corrected chi connectivity index (χ4v) is 8.58. The summed E-state index contributed by atoms with van der Waals surface area (Å²) in [5.41, 5.74) is 2.83. The second-order valence-corrected chi connectivity index (χ2v) is 17.0. The van der Waals surface area contributed by atoms with Gasteiger partial charge in [0.1, 0.15) is 20.2 Å². The number of hydrogen-bond acceptors (Lipinski definition) is 10. The quantitative estimate of drug-likeness (QED) is 0.109. The number of carbonyl (C=O) groups excluding carboxylic acids is 2. The Kier molecular flexibility index (Phi) is 16.8. The molecule has 5 rings (SSSR count). The van der Waals surface area contributed by atoms with E-state index in [2.05, 4.69) is 38.3 Å². The Morgan fingerprint density at radius 2 is 0.870 bits per heavy atom. The van der Waals surface area contributed by atoms with Gasteiger partial charge in [-0.05, 0) is 85.8 Å². The molecular formula is C40H44N2Na2O8S2. The molecule has 0 amide bonds. The van der Waals surface area contributed by atoms with Crippen LogP contribution < -0.4 is 69.7 Å². The molecule has 2 N–H and O–H groups in total. The van der Waals surface area contributed by atoms with Crippen LogP contribution in [0.4, 0.5) is 11.4 Å². The first-order valence-corrected chi connectivity index (χ1v) is 20.3. The number of hydrogen-bond donors (Lipinski definition) is 2. The van der Waals surface area contributed by atoms with Crippen LogP contribution in [0.3, 0.4) is 0 Å². The largest absolute Gasteiger partial charge is 1.00 e. The number of rotatable bonds is 16. The van der Waals surface area contributed by atoms with Crippen molar-refractivity contribution in [1.82, 2.24) is 0 Å². The van der Waals surface area contributed by atoms with Crippen molar-refractivity contribution in [3.63, 3.8) is 0 Å². The fourth-order valence-electron chi connectivity index (χ4n) is 7.11. The maximum Gasteiger partial charge on any atom is 1.00 e. The number of fused-ring (bicyclic) bond motifs is 2. The van der Waals surface area contributed by atoms with Gasteiger partial charge in [-0.25, -0.2) is 16.8 Å². The molecule has 4 aromatic carbocycles. The van der Waals surface area contributed by atoms with Gasteiger partial charge >= 0.3 is 59.1 Å². The van der Waals surface area contributed by atoms with Crippen molar-refractivity contribution in [2.75, 3.05) is 10.6 Å². The number of ketones is 2. The smallest absolute Gasteiger partial charge is 0.744 e. The summed E-state index contributed by atoms with van der Waals surface area (Å²) in [6.07, 6.45) is 2.83. The van der Waals surface area contributed by atoms with Crippen LogP contribution in [0.2, 0.25) is 0 Å². The second-order valence-electron chi connectivity index (χ2n) is 14.3. The first kappa shape index (κ1) is 46.0. The van der Waals surface area contributed by atoms with E-state index in [1.54, 1.807) is 60.7 Å². The Morgan fingerprint density at radius 1 is 0.537 bits per heavy atom. The second kappa shape index (κ2) is 19.7. The molecule has 14 heteroatoms. The van der Waals surface area contributed by atoms with Crippen molar-refractivity contribution in [1.29, 1.82) is 0 Å². The minimum absolute atomic E-state index is 0. The van der Waals surface area contributed by atoms with Crippen molar-refractivity contribution >= 4 is 43.2 Å². The maximum absolute atomic E-state index is 14.3. The van der Waals surface area contributed by atoms with Gasteiger partial charge in [0.2, 0.25) is 0 Å². The number of anilines is 2. The maximum atomic E-state index is 14.3. The predicted octanol–water partition coefficient (Wildman–Crippen LogP) is 1.20. The van der Waals surface area contributed by atoms with E-state index in [1.807, 2.05) is 0 Å². The Bertz CT molecular complexity index is 2040. The molecule has 4 aromatic rings. The van der Waals surface area contributed by atoms with Crippen molar-refractivity contribution in [2.24, 2.45) is 11.8 Å². The zero-order chi connectivity index (χ0) is 37.8. The summed E-state index contributed by atoms with van der Waals surface area (Å²) >= 11 is 0. The third-order valence-corrected chi connectivity index (χ3v) is 11.2. The van der Waals surface area contributed by atoms with Crippen LogP contribution >= 0.6 is 0 Å². The summed E-state index contributed by atoms with van der Waals surface area (Å²) in [4.78, 5) is 28.0. The molecule has 276 valence electrons. The fraction of sp³-hybridized carbons (Fsp3) is 0.350. The third kappa shape index (κ3) is 11.4. The molecule has 2 atom stereocenters. The topological polar surface area (TPSA) is 173 Å². The summed E-state index contributed by atoms with van der Waals surface area (Å²) in [5, 5.41) is 7.03. The number of benzene rings is 4. The van der Waals surface area contributed by atoms with E-state index in [9.17, 15) is 35.5 Å². The Labute approximate surface area is 363 Å². The number of carbonyl (C=O) groups is 2. The van der Waals surface area contributed by atoms with E-state index in [0.717, 1.165) is 0 Å². The van der Waals surface area contributed by atoms with Crippen molar-refractivity contribution in [3.8, 4) is 0 Å². The van der Waals surface area contributed by atoms with Crippen LogP contribution in [0, 0.1) is 11.8 Å². The molecule has 1 aliphatic rings. The molecule has 1 aliphatic carbocycles. The summed E-state index contributed by atoms with van der Waals surface area (Å²) < 4.78 is 71.7. The summed E-state index contributed by atoms with van der Waals surface area (Å²) in [6, 6.07) is 22.1. The molecule has 0 spiro atoms. The van der Waals surface area contributed by atoms with Gasteiger partial charge in [0.25, 0.3) is 0 Å². The van der Waals surface area contributed by atoms with Crippen molar-refractivity contribution < 1.29 is 94.6 Å². The molecule has 54 heavy (non-hydrogen) atoms. The van der Waals surface area contributed by atoms with E-state index >= 15 is 0 Å². The minimum atomic E-state index is -4.67. The summed E-state index contributed by atoms with van der Waals surface area (Å²) in [6.45, 7) is 8.21. The first-order valence-electron chi connectivity index (χ1n) is 17.5. The molecule has 0 heterocycles. The molecular weight excluding hydrogens is 747 g/mol. The predicted molar refractivity (Wildman–Crippen MR) is 199 cm³/mol. The summed E-state index contributed by atoms with van der Waals surface area (Å²) in [5.74, 6) is -0.163. The van der Waals surface area contributed by atoms with Gasteiger partial charge in [-0.1, -0.05) is 88.4 Å². The third-order valence-electron chi connectivity index (χ3n) is 9.32. The van der Waals surface area contributed by atoms with Gasteiger partial charge in [-0.15, -0.1) is 0 Å². The zero-order valence-electron chi connectivity index (χ0n) is 31.7. The Morgan fingerprint density at radius 3 is 1.20 bits per heavy atom.